The number of fused-ring (bicyclic) bond motifs is 4. The van der Waals surface area contributed by atoms with Crippen molar-refractivity contribution in [3.8, 4) is 56.4 Å². The quantitative estimate of drug-likeness (QED) is 0.197. The molecule has 0 amide bonds. The van der Waals surface area contributed by atoms with Gasteiger partial charge in [0.15, 0.2) is 17.5 Å². The molecule has 0 spiro atoms. The second-order valence-corrected chi connectivity index (χ2v) is 11.7. The van der Waals surface area contributed by atoms with E-state index in [4.69, 9.17) is 19.4 Å². The molecule has 0 N–H and O–H groups in total. The highest BCUT2D eigenvalue weighted by atomic mass is 16.3. The molecule has 2 heterocycles. The smallest absolute Gasteiger partial charge is 0.164 e. The Kier molecular flexibility index (Phi) is 6.43. The van der Waals surface area contributed by atoms with Crippen molar-refractivity contribution in [3.63, 3.8) is 0 Å². The van der Waals surface area contributed by atoms with E-state index in [0.29, 0.717) is 17.5 Å². The van der Waals surface area contributed by atoms with Gasteiger partial charge >= 0.3 is 0 Å². The van der Waals surface area contributed by atoms with Gasteiger partial charge in [0.25, 0.3) is 0 Å². The summed E-state index contributed by atoms with van der Waals surface area (Å²) in [5.74, 6) is 1.89. The molecule has 0 aliphatic heterocycles. The minimum absolute atomic E-state index is 0.624. The highest BCUT2D eigenvalue weighted by Crippen LogP contribution is 2.35. The molecule has 0 unspecified atom stereocenters. The second-order valence-electron chi connectivity index (χ2n) is 11.7. The molecule has 0 aliphatic rings. The van der Waals surface area contributed by atoms with Crippen LogP contribution in [0.5, 0.6) is 0 Å². The largest absolute Gasteiger partial charge is 0.456 e. The number of nitrogens with zero attached hydrogens (tertiary/aromatic N) is 3. The zero-order valence-corrected chi connectivity index (χ0v) is 25.3. The van der Waals surface area contributed by atoms with Crippen molar-refractivity contribution < 1.29 is 4.42 Å². The number of hydrogen-bond acceptors (Lipinski definition) is 4. The molecule has 0 aliphatic carbocycles. The van der Waals surface area contributed by atoms with Gasteiger partial charge < -0.3 is 4.42 Å². The SMILES string of the molecule is c1ccc(-c2nc(-c3cccc(-c4ccc5c(c4)oc4ccccc45)c3)nc(-c3ccc4c(-c5ccccc5)cccc4c3)n2)cc1. The van der Waals surface area contributed by atoms with Gasteiger partial charge in [-0.1, -0.05) is 133 Å². The average Bonchev–Trinajstić information content (AvgIpc) is 3.53. The summed E-state index contributed by atoms with van der Waals surface area (Å²) in [5, 5.41) is 4.56. The Bertz CT molecular complexity index is 2570. The number of rotatable bonds is 5. The molecule has 47 heavy (non-hydrogen) atoms. The van der Waals surface area contributed by atoms with Crippen LogP contribution in [0.1, 0.15) is 0 Å². The molecule has 0 saturated carbocycles. The minimum atomic E-state index is 0.624. The van der Waals surface area contributed by atoms with Gasteiger partial charge in [-0.05, 0) is 63.4 Å². The van der Waals surface area contributed by atoms with E-state index in [1.807, 2.05) is 54.6 Å². The van der Waals surface area contributed by atoms with Gasteiger partial charge in [0, 0.05) is 27.5 Å². The van der Waals surface area contributed by atoms with E-state index in [9.17, 15) is 0 Å². The molecule has 220 valence electrons. The lowest BCUT2D eigenvalue weighted by molar-refractivity contribution is 0.669. The van der Waals surface area contributed by atoms with Crippen LogP contribution < -0.4 is 0 Å². The van der Waals surface area contributed by atoms with Gasteiger partial charge in [-0.3, -0.25) is 0 Å². The lowest BCUT2D eigenvalue weighted by atomic mass is 9.97. The molecule has 0 fully saturated rings. The average molecular weight is 602 g/mol. The lowest BCUT2D eigenvalue weighted by Gasteiger charge is -2.11. The molecule has 0 radical (unpaired) electrons. The molecule has 2 aromatic heterocycles. The van der Waals surface area contributed by atoms with Gasteiger partial charge in [-0.15, -0.1) is 0 Å². The molecule has 9 rings (SSSR count). The first-order chi connectivity index (χ1) is 23.3. The van der Waals surface area contributed by atoms with Crippen molar-refractivity contribution in [2.45, 2.75) is 0 Å². The van der Waals surface area contributed by atoms with Crippen molar-refractivity contribution in [3.05, 3.63) is 164 Å². The molecular weight excluding hydrogens is 574 g/mol. The zero-order chi connectivity index (χ0) is 31.2. The summed E-state index contributed by atoms with van der Waals surface area (Å²) in [7, 11) is 0. The molecule has 0 atom stereocenters. The molecule has 4 heteroatoms. The standard InChI is InChI=1S/C43H27N3O/c1-3-11-28(12-4-1)35-19-10-16-32-26-34(22-23-36(32)35)43-45-41(29-13-5-2-6-14-29)44-42(46-43)33-17-9-15-30(25-33)31-21-24-38-37-18-7-8-20-39(37)47-40(38)27-31/h1-27H. The van der Waals surface area contributed by atoms with Crippen LogP contribution in [0.15, 0.2) is 168 Å². The fourth-order valence-electron chi connectivity index (χ4n) is 6.39. The monoisotopic (exact) mass is 601 g/mol. The molecule has 4 nitrogen and oxygen atoms in total. The fourth-order valence-corrected chi connectivity index (χ4v) is 6.39. The molecule has 9 aromatic rings. The van der Waals surface area contributed by atoms with Crippen LogP contribution >= 0.6 is 0 Å². The Morgan fingerprint density at radius 3 is 1.68 bits per heavy atom. The fraction of sp³-hybridized carbons (Fsp3) is 0. The summed E-state index contributed by atoms with van der Waals surface area (Å²) in [4.78, 5) is 15.0. The van der Waals surface area contributed by atoms with Crippen molar-refractivity contribution in [2.24, 2.45) is 0 Å². The van der Waals surface area contributed by atoms with E-state index in [1.165, 1.54) is 16.5 Å². The Balaban J connectivity index is 1.16. The molecular formula is C43H27N3O. The Morgan fingerprint density at radius 2 is 0.872 bits per heavy atom. The van der Waals surface area contributed by atoms with E-state index in [-0.39, 0.29) is 0 Å². The first-order valence-corrected chi connectivity index (χ1v) is 15.7. The Morgan fingerprint density at radius 1 is 0.319 bits per heavy atom. The number of furan rings is 1. The maximum atomic E-state index is 6.19. The number of benzene rings is 7. The summed E-state index contributed by atoms with van der Waals surface area (Å²) < 4.78 is 6.19. The molecule has 0 saturated heterocycles. The van der Waals surface area contributed by atoms with E-state index < -0.39 is 0 Å². The zero-order valence-electron chi connectivity index (χ0n) is 25.3. The van der Waals surface area contributed by atoms with Crippen molar-refractivity contribution in [1.82, 2.24) is 15.0 Å². The third kappa shape index (κ3) is 4.93. The van der Waals surface area contributed by atoms with E-state index >= 15 is 0 Å². The van der Waals surface area contributed by atoms with Crippen molar-refractivity contribution >= 4 is 32.7 Å². The van der Waals surface area contributed by atoms with Gasteiger partial charge in [0.05, 0.1) is 0 Å². The summed E-state index contributed by atoms with van der Waals surface area (Å²) in [6.07, 6.45) is 0. The number of aromatic nitrogens is 3. The summed E-state index contributed by atoms with van der Waals surface area (Å²) >= 11 is 0. The Hall–Kier alpha value is -6.39. The maximum Gasteiger partial charge on any atom is 0.164 e. The first-order valence-electron chi connectivity index (χ1n) is 15.7. The van der Waals surface area contributed by atoms with Gasteiger partial charge in [-0.2, -0.15) is 0 Å². The summed E-state index contributed by atoms with van der Waals surface area (Å²) in [5.41, 5.74) is 9.09. The van der Waals surface area contributed by atoms with Crippen LogP contribution in [0, 0.1) is 0 Å². The predicted octanol–water partition coefficient (Wildman–Crippen LogP) is 11.3. The Labute approximate surface area is 271 Å². The minimum Gasteiger partial charge on any atom is -0.456 e. The number of hydrogen-bond donors (Lipinski definition) is 0. The molecule has 0 bridgehead atoms. The normalized spacial score (nSPS) is 11.4. The van der Waals surface area contributed by atoms with Crippen LogP contribution in [0.2, 0.25) is 0 Å². The van der Waals surface area contributed by atoms with Crippen LogP contribution in [-0.4, -0.2) is 15.0 Å². The lowest BCUT2D eigenvalue weighted by Crippen LogP contribution is -2.00. The highest BCUT2D eigenvalue weighted by molar-refractivity contribution is 6.06. The van der Waals surface area contributed by atoms with E-state index in [0.717, 1.165) is 55.1 Å². The van der Waals surface area contributed by atoms with Gasteiger partial charge in [-0.25, -0.2) is 15.0 Å². The number of para-hydroxylation sites is 1. The van der Waals surface area contributed by atoms with E-state index in [2.05, 4.69) is 109 Å². The van der Waals surface area contributed by atoms with Gasteiger partial charge in [0.2, 0.25) is 0 Å². The highest BCUT2D eigenvalue weighted by Gasteiger charge is 2.15. The first kappa shape index (κ1) is 27.0. The van der Waals surface area contributed by atoms with E-state index in [1.54, 1.807) is 0 Å². The predicted molar refractivity (Wildman–Crippen MR) is 192 cm³/mol. The second kappa shape index (κ2) is 11.2. The van der Waals surface area contributed by atoms with Crippen LogP contribution in [0.3, 0.4) is 0 Å². The summed E-state index contributed by atoms with van der Waals surface area (Å²) in [6.45, 7) is 0. The van der Waals surface area contributed by atoms with Crippen molar-refractivity contribution in [1.29, 1.82) is 0 Å². The topological polar surface area (TPSA) is 51.8 Å². The van der Waals surface area contributed by atoms with Gasteiger partial charge in [0.1, 0.15) is 11.2 Å². The summed E-state index contributed by atoms with van der Waals surface area (Å²) in [6, 6.07) is 56.4. The van der Waals surface area contributed by atoms with Crippen molar-refractivity contribution in [2.75, 3.05) is 0 Å². The van der Waals surface area contributed by atoms with Crippen LogP contribution in [0.25, 0.3) is 89.1 Å². The van der Waals surface area contributed by atoms with Crippen LogP contribution in [-0.2, 0) is 0 Å². The third-order valence-electron chi connectivity index (χ3n) is 8.72. The van der Waals surface area contributed by atoms with Crippen LogP contribution in [0.4, 0.5) is 0 Å². The molecule has 7 aromatic carbocycles. The maximum absolute atomic E-state index is 6.19. The third-order valence-corrected chi connectivity index (χ3v) is 8.72.